The third-order valence-electron chi connectivity index (χ3n) is 4.17. The number of rotatable bonds is 5. The summed E-state index contributed by atoms with van der Waals surface area (Å²) in [5.41, 5.74) is 2.67. The van der Waals surface area contributed by atoms with Crippen LogP contribution in [0.15, 0.2) is 34.2 Å². The predicted molar refractivity (Wildman–Crippen MR) is 110 cm³/mol. The van der Waals surface area contributed by atoms with E-state index in [1.54, 1.807) is 0 Å². The first-order chi connectivity index (χ1) is 12.4. The van der Waals surface area contributed by atoms with Gasteiger partial charge < -0.3 is 5.32 Å². The molecule has 1 amide bonds. The van der Waals surface area contributed by atoms with Crippen LogP contribution in [0.3, 0.4) is 0 Å². The second-order valence-electron chi connectivity index (χ2n) is 6.14. The number of thiophene rings is 1. The molecule has 1 aromatic carbocycles. The molecule has 5 nitrogen and oxygen atoms in total. The molecule has 0 bridgehead atoms. The molecule has 3 aromatic rings. The molecule has 0 saturated heterocycles. The van der Waals surface area contributed by atoms with Crippen LogP contribution < -0.4 is 10.9 Å². The van der Waals surface area contributed by atoms with Gasteiger partial charge in [-0.15, -0.1) is 11.3 Å². The second-order valence-corrected chi connectivity index (χ2v) is 8.03. The third kappa shape index (κ3) is 3.68. The lowest BCUT2D eigenvalue weighted by atomic mass is 10.1. The van der Waals surface area contributed by atoms with Crippen molar-refractivity contribution in [1.29, 1.82) is 0 Å². The fourth-order valence-electron chi connectivity index (χ4n) is 2.72. The standard InChI is InChI=1S/C19H21N3O2S2/c1-5-13-9-14-17(26-13)21-19(25-4)22(18(14)24)10-16(23)20-15-8-11(2)6-7-12(15)3/h6-9H,5,10H2,1-4H3,(H,20,23). The van der Waals surface area contributed by atoms with Gasteiger partial charge >= 0.3 is 0 Å². The lowest BCUT2D eigenvalue weighted by Gasteiger charge is -2.12. The van der Waals surface area contributed by atoms with Gasteiger partial charge in [-0.1, -0.05) is 30.8 Å². The van der Waals surface area contributed by atoms with Crippen molar-refractivity contribution in [3.63, 3.8) is 0 Å². The quantitative estimate of drug-likeness (QED) is 0.531. The fraction of sp³-hybridized carbons (Fsp3) is 0.316. The molecule has 136 valence electrons. The molecule has 0 fully saturated rings. The summed E-state index contributed by atoms with van der Waals surface area (Å²) in [5, 5.41) is 4.06. The van der Waals surface area contributed by atoms with E-state index in [0.717, 1.165) is 32.9 Å². The molecule has 2 aromatic heterocycles. The Morgan fingerprint density at radius 3 is 2.77 bits per heavy atom. The first-order valence-electron chi connectivity index (χ1n) is 8.37. The summed E-state index contributed by atoms with van der Waals surface area (Å²) in [6.07, 6.45) is 2.73. The molecule has 26 heavy (non-hydrogen) atoms. The Bertz CT molecular complexity index is 1040. The fourth-order valence-corrected chi connectivity index (χ4v) is 4.29. The van der Waals surface area contributed by atoms with E-state index in [1.807, 2.05) is 44.4 Å². The number of amides is 1. The zero-order valence-corrected chi connectivity index (χ0v) is 16.9. The van der Waals surface area contributed by atoms with Gasteiger partial charge in [0.25, 0.3) is 5.56 Å². The SMILES string of the molecule is CCc1cc2c(=O)n(CC(=O)Nc3cc(C)ccc3C)c(SC)nc2s1. The summed E-state index contributed by atoms with van der Waals surface area (Å²) >= 11 is 2.91. The highest BCUT2D eigenvalue weighted by atomic mass is 32.2. The molecule has 0 aliphatic rings. The number of hydrogen-bond donors (Lipinski definition) is 1. The van der Waals surface area contributed by atoms with Crippen molar-refractivity contribution < 1.29 is 4.79 Å². The molecule has 7 heteroatoms. The van der Waals surface area contributed by atoms with E-state index >= 15 is 0 Å². The highest BCUT2D eigenvalue weighted by Gasteiger charge is 2.16. The van der Waals surface area contributed by atoms with Crippen LogP contribution in [0.5, 0.6) is 0 Å². The summed E-state index contributed by atoms with van der Waals surface area (Å²) in [6, 6.07) is 7.79. The van der Waals surface area contributed by atoms with Crippen molar-refractivity contribution in [3.05, 3.63) is 50.6 Å². The molecule has 2 heterocycles. The lowest BCUT2D eigenvalue weighted by molar-refractivity contribution is -0.116. The number of carbonyl (C=O) groups excluding carboxylic acids is 1. The Morgan fingerprint density at radius 1 is 1.31 bits per heavy atom. The van der Waals surface area contributed by atoms with Gasteiger partial charge in [-0.2, -0.15) is 0 Å². The van der Waals surface area contributed by atoms with E-state index in [9.17, 15) is 9.59 Å². The first-order valence-corrected chi connectivity index (χ1v) is 10.4. The van der Waals surface area contributed by atoms with E-state index in [4.69, 9.17) is 0 Å². The topological polar surface area (TPSA) is 64.0 Å². The predicted octanol–water partition coefficient (Wildman–Crippen LogP) is 4.00. The molecule has 0 atom stereocenters. The first kappa shape index (κ1) is 18.7. The van der Waals surface area contributed by atoms with Crippen molar-refractivity contribution in [2.45, 2.75) is 38.9 Å². The van der Waals surface area contributed by atoms with Crippen LogP contribution in [-0.4, -0.2) is 21.7 Å². The zero-order chi connectivity index (χ0) is 18.8. The number of nitrogens with zero attached hydrogens (tertiary/aromatic N) is 2. The minimum atomic E-state index is -0.233. The van der Waals surface area contributed by atoms with Crippen molar-refractivity contribution in [3.8, 4) is 0 Å². The maximum absolute atomic E-state index is 12.9. The van der Waals surface area contributed by atoms with Crippen LogP contribution in [0.2, 0.25) is 0 Å². The zero-order valence-electron chi connectivity index (χ0n) is 15.3. The molecule has 0 spiro atoms. The number of thioether (sulfide) groups is 1. The van der Waals surface area contributed by atoms with E-state index < -0.39 is 0 Å². The van der Waals surface area contributed by atoms with Gasteiger partial charge in [0.05, 0.1) is 5.39 Å². The minimum absolute atomic E-state index is 0.0529. The molecule has 0 aliphatic carbocycles. The van der Waals surface area contributed by atoms with Crippen molar-refractivity contribution in [2.24, 2.45) is 0 Å². The third-order valence-corrected chi connectivity index (χ3v) is 6.02. The summed E-state index contributed by atoms with van der Waals surface area (Å²) in [6.45, 7) is 5.92. The number of carbonyl (C=O) groups is 1. The molecule has 0 radical (unpaired) electrons. The van der Waals surface area contributed by atoms with Gasteiger partial charge in [-0.3, -0.25) is 14.2 Å². The Morgan fingerprint density at radius 2 is 2.08 bits per heavy atom. The van der Waals surface area contributed by atoms with Gasteiger partial charge in [-0.25, -0.2) is 4.98 Å². The molecule has 0 aliphatic heterocycles. The molecular weight excluding hydrogens is 366 g/mol. The summed E-state index contributed by atoms with van der Waals surface area (Å²) in [5.74, 6) is -0.233. The Balaban J connectivity index is 1.94. The van der Waals surface area contributed by atoms with Crippen LogP contribution in [-0.2, 0) is 17.8 Å². The van der Waals surface area contributed by atoms with Gasteiger partial charge in [0.15, 0.2) is 5.16 Å². The molecular formula is C19H21N3O2S2. The smallest absolute Gasteiger partial charge is 0.263 e. The van der Waals surface area contributed by atoms with E-state index in [-0.39, 0.29) is 18.0 Å². The van der Waals surface area contributed by atoms with Crippen molar-refractivity contribution in [2.75, 3.05) is 11.6 Å². The number of aromatic nitrogens is 2. The Hall–Kier alpha value is -2.12. The Kier molecular flexibility index (Phi) is 5.48. The van der Waals surface area contributed by atoms with Crippen LogP contribution in [0.25, 0.3) is 10.2 Å². The van der Waals surface area contributed by atoms with Gasteiger partial charge in [0.1, 0.15) is 11.4 Å². The maximum Gasteiger partial charge on any atom is 0.263 e. The number of aryl methyl sites for hydroxylation is 3. The van der Waals surface area contributed by atoms with Gasteiger partial charge in [0, 0.05) is 10.6 Å². The summed E-state index contributed by atoms with van der Waals surface area (Å²) < 4.78 is 1.46. The molecule has 1 N–H and O–H groups in total. The number of fused-ring (bicyclic) bond motifs is 1. The van der Waals surface area contributed by atoms with E-state index in [0.29, 0.717) is 10.5 Å². The second kappa shape index (κ2) is 7.63. The molecule has 0 saturated carbocycles. The Labute approximate surface area is 160 Å². The van der Waals surface area contributed by atoms with Crippen LogP contribution >= 0.6 is 23.1 Å². The monoisotopic (exact) mass is 387 g/mol. The van der Waals surface area contributed by atoms with Crippen LogP contribution in [0, 0.1) is 13.8 Å². The van der Waals surface area contributed by atoms with Crippen LogP contribution in [0.4, 0.5) is 5.69 Å². The summed E-state index contributed by atoms with van der Waals surface area (Å²) in [4.78, 5) is 31.9. The van der Waals surface area contributed by atoms with E-state index in [2.05, 4.69) is 17.2 Å². The van der Waals surface area contributed by atoms with Crippen LogP contribution in [0.1, 0.15) is 22.9 Å². The largest absolute Gasteiger partial charge is 0.324 e. The average molecular weight is 388 g/mol. The number of hydrogen-bond acceptors (Lipinski definition) is 5. The molecule has 0 unspecified atom stereocenters. The average Bonchev–Trinajstić information content (AvgIpc) is 3.04. The normalized spacial score (nSPS) is 11.1. The number of benzene rings is 1. The van der Waals surface area contributed by atoms with Crippen molar-refractivity contribution >= 4 is 44.9 Å². The minimum Gasteiger partial charge on any atom is -0.324 e. The number of nitrogens with one attached hydrogen (secondary N) is 1. The van der Waals surface area contributed by atoms with Gasteiger partial charge in [-0.05, 0) is 49.8 Å². The van der Waals surface area contributed by atoms with Crippen molar-refractivity contribution in [1.82, 2.24) is 9.55 Å². The van der Waals surface area contributed by atoms with E-state index in [1.165, 1.54) is 27.7 Å². The highest BCUT2D eigenvalue weighted by Crippen LogP contribution is 2.24. The number of anilines is 1. The lowest BCUT2D eigenvalue weighted by Crippen LogP contribution is -2.29. The molecule has 3 rings (SSSR count). The summed E-state index contributed by atoms with van der Waals surface area (Å²) in [7, 11) is 0. The maximum atomic E-state index is 12.9. The highest BCUT2D eigenvalue weighted by molar-refractivity contribution is 7.98. The van der Waals surface area contributed by atoms with Gasteiger partial charge in [0.2, 0.25) is 5.91 Å².